The summed E-state index contributed by atoms with van der Waals surface area (Å²) < 4.78 is 11.6. The maximum Gasteiger partial charge on any atom is 0.156 e. The highest BCUT2D eigenvalue weighted by Crippen LogP contribution is 2.34. The lowest BCUT2D eigenvalue weighted by Gasteiger charge is -2.20. The predicted octanol–water partition coefficient (Wildman–Crippen LogP) is 8.54. The standard InChI is InChI=1S/C35H37Cl2NO3/c1-23-18-33(36)35(34(37)19-23)41-17-16-40-30-13-9-26(10-14-30)21-29(22-38)31-15-12-28(20-24(31)2)32-7-5-4-6-27(32)11-8-25(3)39/h4-7,9-10,12-15,18-20,29H,8,11,16-17,21-22,38H2,1-3H3. The van der Waals surface area contributed by atoms with E-state index in [1.807, 2.05) is 43.3 Å². The van der Waals surface area contributed by atoms with E-state index in [1.54, 1.807) is 6.92 Å². The van der Waals surface area contributed by atoms with Crippen LogP contribution in [0.1, 0.15) is 47.1 Å². The Morgan fingerprint density at radius 3 is 2.22 bits per heavy atom. The first-order valence-corrected chi connectivity index (χ1v) is 14.7. The molecule has 2 N–H and O–H groups in total. The number of halogens is 2. The van der Waals surface area contributed by atoms with Crippen LogP contribution in [0.5, 0.6) is 11.5 Å². The largest absolute Gasteiger partial charge is 0.490 e. The molecule has 6 heteroatoms. The first kappa shape index (κ1) is 30.6. The van der Waals surface area contributed by atoms with Crippen LogP contribution < -0.4 is 15.2 Å². The summed E-state index contributed by atoms with van der Waals surface area (Å²) in [6.07, 6.45) is 2.14. The second-order valence-electron chi connectivity index (χ2n) is 10.5. The van der Waals surface area contributed by atoms with Crippen molar-refractivity contribution in [1.29, 1.82) is 0 Å². The summed E-state index contributed by atoms with van der Waals surface area (Å²) in [5, 5.41) is 0.987. The van der Waals surface area contributed by atoms with Crippen molar-refractivity contribution in [1.82, 2.24) is 0 Å². The van der Waals surface area contributed by atoms with Crippen molar-refractivity contribution in [2.24, 2.45) is 5.73 Å². The molecule has 4 nitrogen and oxygen atoms in total. The molecule has 1 atom stereocenters. The molecule has 41 heavy (non-hydrogen) atoms. The van der Waals surface area contributed by atoms with Crippen LogP contribution in [0.25, 0.3) is 11.1 Å². The Morgan fingerprint density at radius 1 is 0.878 bits per heavy atom. The monoisotopic (exact) mass is 589 g/mol. The number of ether oxygens (including phenoxy) is 2. The molecule has 0 aliphatic rings. The Hall–Kier alpha value is -3.31. The van der Waals surface area contributed by atoms with Crippen molar-refractivity contribution in [3.63, 3.8) is 0 Å². The number of carbonyl (C=O) groups excluding carboxylic acids is 1. The number of rotatable bonds is 13. The molecule has 0 amide bonds. The van der Waals surface area contributed by atoms with Gasteiger partial charge in [0, 0.05) is 12.3 Å². The number of benzene rings is 4. The predicted molar refractivity (Wildman–Crippen MR) is 170 cm³/mol. The Morgan fingerprint density at radius 2 is 1.56 bits per heavy atom. The summed E-state index contributed by atoms with van der Waals surface area (Å²) in [7, 11) is 0. The normalized spacial score (nSPS) is 11.8. The SMILES string of the molecule is CC(=O)CCc1ccccc1-c1ccc(C(CN)Cc2ccc(OCCOc3c(Cl)cc(C)cc3Cl)cc2)c(C)c1. The average Bonchev–Trinajstić information content (AvgIpc) is 2.95. The van der Waals surface area contributed by atoms with E-state index in [2.05, 4.69) is 49.4 Å². The molecule has 0 aromatic heterocycles. The minimum Gasteiger partial charge on any atom is -0.490 e. The van der Waals surface area contributed by atoms with Crippen LogP contribution in [0.2, 0.25) is 10.0 Å². The lowest BCUT2D eigenvalue weighted by molar-refractivity contribution is -0.116. The van der Waals surface area contributed by atoms with Crippen LogP contribution in [0.15, 0.2) is 78.9 Å². The zero-order valence-electron chi connectivity index (χ0n) is 23.9. The summed E-state index contributed by atoms with van der Waals surface area (Å²) in [5.41, 5.74) is 14.4. The van der Waals surface area contributed by atoms with Crippen molar-refractivity contribution < 1.29 is 14.3 Å². The van der Waals surface area contributed by atoms with Gasteiger partial charge in [0.15, 0.2) is 5.75 Å². The van der Waals surface area contributed by atoms with Gasteiger partial charge in [-0.3, -0.25) is 0 Å². The third-order valence-corrected chi connectivity index (χ3v) is 7.78. The van der Waals surface area contributed by atoms with E-state index in [-0.39, 0.29) is 11.7 Å². The third-order valence-electron chi connectivity index (χ3n) is 7.22. The molecule has 4 aromatic carbocycles. The maximum atomic E-state index is 11.5. The molecular weight excluding hydrogens is 553 g/mol. The number of nitrogens with two attached hydrogens (primary N) is 1. The smallest absolute Gasteiger partial charge is 0.156 e. The van der Waals surface area contributed by atoms with Gasteiger partial charge in [-0.1, -0.05) is 77.8 Å². The highest BCUT2D eigenvalue weighted by atomic mass is 35.5. The van der Waals surface area contributed by atoms with E-state index < -0.39 is 0 Å². The summed E-state index contributed by atoms with van der Waals surface area (Å²) in [4.78, 5) is 11.5. The number of Topliss-reactive ketones (excluding diaryl/α,β-unsaturated/α-hetero) is 1. The van der Waals surface area contributed by atoms with Gasteiger partial charge in [0.05, 0.1) is 10.0 Å². The minimum absolute atomic E-state index is 0.196. The molecule has 4 aromatic rings. The highest BCUT2D eigenvalue weighted by molar-refractivity contribution is 6.37. The van der Waals surface area contributed by atoms with Crippen molar-refractivity contribution in [2.75, 3.05) is 19.8 Å². The van der Waals surface area contributed by atoms with Gasteiger partial charge in [0.1, 0.15) is 24.7 Å². The summed E-state index contributed by atoms with van der Waals surface area (Å²) in [6.45, 7) is 6.97. The fourth-order valence-corrected chi connectivity index (χ4v) is 5.79. The van der Waals surface area contributed by atoms with Crippen LogP contribution in [0.3, 0.4) is 0 Å². The molecule has 214 valence electrons. The number of aryl methyl sites for hydroxylation is 3. The maximum absolute atomic E-state index is 11.5. The Balaban J connectivity index is 1.36. The zero-order valence-corrected chi connectivity index (χ0v) is 25.4. The van der Waals surface area contributed by atoms with Crippen LogP contribution in [-0.4, -0.2) is 25.5 Å². The van der Waals surface area contributed by atoms with E-state index in [0.29, 0.717) is 42.0 Å². The highest BCUT2D eigenvalue weighted by Gasteiger charge is 2.15. The molecule has 4 rings (SSSR count). The first-order chi connectivity index (χ1) is 19.7. The average molecular weight is 591 g/mol. The van der Waals surface area contributed by atoms with Gasteiger partial charge < -0.3 is 20.0 Å². The Kier molecular flexibility index (Phi) is 10.9. The molecular formula is C35H37Cl2NO3. The van der Waals surface area contributed by atoms with Gasteiger partial charge in [0.2, 0.25) is 0 Å². The number of carbonyl (C=O) groups is 1. The first-order valence-electron chi connectivity index (χ1n) is 13.9. The van der Waals surface area contributed by atoms with E-state index in [1.165, 1.54) is 33.4 Å². The summed E-state index contributed by atoms with van der Waals surface area (Å²) in [5.74, 6) is 1.65. The fraction of sp³-hybridized carbons (Fsp3) is 0.286. The number of hydrogen-bond acceptors (Lipinski definition) is 4. The van der Waals surface area contributed by atoms with Crippen molar-refractivity contribution in [3.05, 3.63) is 117 Å². The molecule has 0 saturated carbocycles. The lowest BCUT2D eigenvalue weighted by Crippen LogP contribution is -2.16. The molecule has 0 aliphatic heterocycles. The topological polar surface area (TPSA) is 61.6 Å². The van der Waals surface area contributed by atoms with E-state index in [9.17, 15) is 4.79 Å². The Bertz CT molecular complexity index is 1460. The molecule has 0 saturated heterocycles. The van der Waals surface area contributed by atoms with E-state index >= 15 is 0 Å². The number of ketones is 1. The van der Waals surface area contributed by atoms with Gasteiger partial charge in [-0.2, -0.15) is 0 Å². The number of hydrogen-bond donors (Lipinski definition) is 1. The fourth-order valence-electron chi connectivity index (χ4n) is 5.09. The van der Waals surface area contributed by atoms with E-state index in [4.69, 9.17) is 38.4 Å². The van der Waals surface area contributed by atoms with Gasteiger partial charge >= 0.3 is 0 Å². The van der Waals surface area contributed by atoms with Crippen LogP contribution in [0.4, 0.5) is 0 Å². The Labute approximate surface area is 253 Å². The molecule has 0 spiro atoms. The quantitative estimate of drug-likeness (QED) is 0.159. The van der Waals surface area contributed by atoms with Crippen molar-refractivity contribution in [3.8, 4) is 22.6 Å². The van der Waals surface area contributed by atoms with Gasteiger partial charge in [-0.05, 0) is 103 Å². The summed E-state index contributed by atoms with van der Waals surface area (Å²) in [6, 6.07) is 26.7. The molecule has 0 heterocycles. The second-order valence-corrected chi connectivity index (χ2v) is 11.3. The van der Waals surface area contributed by atoms with Gasteiger partial charge in [-0.25, -0.2) is 0 Å². The molecule has 0 radical (unpaired) electrons. The molecule has 0 bridgehead atoms. The minimum atomic E-state index is 0.196. The van der Waals surface area contributed by atoms with Gasteiger partial charge in [0.25, 0.3) is 0 Å². The van der Waals surface area contributed by atoms with Gasteiger partial charge in [-0.15, -0.1) is 0 Å². The van der Waals surface area contributed by atoms with Crippen LogP contribution in [-0.2, 0) is 17.6 Å². The second kappa shape index (κ2) is 14.5. The van der Waals surface area contributed by atoms with Crippen LogP contribution in [0, 0.1) is 13.8 Å². The molecule has 0 fully saturated rings. The molecule has 1 unspecified atom stereocenters. The van der Waals surface area contributed by atoms with Crippen LogP contribution >= 0.6 is 23.2 Å². The van der Waals surface area contributed by atoms with E-state index in [0.717, 1.165) is 24.2 Å². The summed E-state index contributed by atoms with van der Waals surface area (Å²) >= 11 is 12.5. The lowest BCUT2D eigenvalue weighted by atomic mass is 9.87. The van der Waals surface area contributed by atoms with Crippen molar-refractivity contribution >= 4 is 29.0 Å². The van der Waals surface area contributed by atoms with Crippen molar-refractivity contribution in [2.45, 2.75) is 46.0 Å². The zero-order chi connectivity index (χ0) is 29.4. The third kappa shape index (κ3) is 8.36. The molecule has 0 aliphatic carbocycles.